The van der Waals surface area contributed by atoms with E-state index in [0.717, 1.165) is 109 Å². The maximum atomic E-state index is 12.4. The van der Waals surface area contributed by atoms with Crippen LogP contribution in [0.3, 0.4) is 0 Å². The molecule has 0 radical (unpaired) electrons. The van der Waals surface area contributed by atoms with Crippen LogP contribution in [0, 0.1) is 0 Å². The van der Waals surface area contributed by atoms with E-state index >= 15 is 0 Å². The van der Waals surface area contributed by atoms with Gasteiger partial charge in [-0.25, -0.2) is 9.69 Å². The second-order valence-corrected chi connectivity index (χ2v) is 17.1. The third-order valence-corrected chi connectivity index (χ3v) is 11.0. The zero-order chi connectivity index (χ0) is 43.1. The van der Waals surface area contributed by atoms with Gasteiger partial charge in [0.2, 0.25) is 11.8 Å². The number of nitrogens with two attached hydrogens (primary N) is 1. The summed E-state index contributed by atoms with van der Waals surface area (Å²) >= 11 is -1.53. The molecule has 58 heavy (non-hydrogen) atoms. The van der Waals surface area contributed by atoms with Crippen LogP contribution in [0.2, 0.25) is 0 Å². The van der Waals surface area contributed by atoms with E-state index in [4.69, 9.17) is 10.9 Å². The summed E-state index contributed by atoms with van der Waals surface area (Å²) < 4.78 is 19.4. The quantitative estimate of drug-likeness (QED) is 0.0142. The standard InChI is InChI=1S/C23H43N3O3S.C23H45N3O2/c1-4-5-6-16-19-23(27)26(21(2)3)20-17-14-12-10-8-7-9-11-13-15-18-22-24-29-30(28)25-22;1-4-5-6-16-19-23(27)26(21(2)3)20-17-14-12-10-8-7-9-11-13-15-18-22(24)25-28/h8,10,21H,4-7,9,11-20H2,1-3H3,(H,24,25);8,10,21,28H,4-7,9,11-20H2,1-3H3,(H2,24,25)/b2*10-8-. The van der Waals surface area contributed by atoms with Gasteiger partial charge in [0.25, 0.3) is 0 Å². The van der Waals surface area contributed by atoms with Gasteiger partial charge < -0.3 is 20.7 Å². The molecule has 11 nitrogen and oxygen atoms in total. The molecule has 0 aromatic rings. The average molecular weight is 837 g/mol. The van der Waals surface area contributed by atoms with Crippen molar-refractivity contribution in [2.45, 2.75) is 233 Å². The molecule has 0 bridgehead atoms. The zero-order valence-electron chi connectivity index (χ0n) is 38.0. The Hall–Kier alpha value is -2.73. The van der Waals surface area contributed by atoms with Crippen molar-refractivity contribution >= 4 is 34.8 Å². The molecule has 1 aliphatic rings. The van der Waals surface area contributed by atoms with Gasteiger partial charge in [-0.15, -0.1) is 4.40 Å². The van der Waals surface area contributed by atoms with Crippen LogP contribution >= 0.6 is 0 Å². The molecule has 1 heterocycles. The number of carbonyl (C=O) groups is 2. The van der Waals surface area contributed by atoms with Gasteiger partial charge in [-0.05, 0) is 118 Å². The van der Waals surface area contributed by atoms with Gasteiger partial charge in [-0.2, -0.15) is 4.28 Å². The topological polar surface area (TPSA) is 150 Å². The Bertz CT molecular complexity index is 1160. The molecule has 1 aliphatic heterocycles. The molecular weight excluding hydrogens is 749 g/mol. The second-order valence-electron chi connectivity index (χ2n) is 16.4. The molecule has 0 spiro atoms. The molecule has 0 aromatic carbocycles. The molecule has 0 fully saturated rings. The molecule has 12 heteroatoms. The van der Waals surface area contributed by atoms with Crippen LogP contribution in [0.25, 0.3) is 0 Å². The number of hydroxylamine groups is 1. The lowest BCUT2D eigenvalue weighted by atomic mass is 10.1. The summed E-state index contributed by atoms with van der Waals surface area (Å²) in [6.07, 6.45) is 39.3. The van der Waals surface area contributed by atoms with Gasteiger partial charge in [0.15, 0.2) is 0 Å². The lowest BCUT2D eigenvalue weighted by Gasteiger charge is -2.27. The Morgan fingerprint density at radius 1 is 0.655 bits per heavy atom. The number of oxime groups is 1. The number of hydrogen-bond donors (Lipinski definition) is 3. The van der Waals surface area contributed by atoms with Crippen LogP contribution in [0.15, 0.2) is 33.9 Å². The first kappa shape index (κ1) is 55.3. The van der Waals surface area contributed by atoms with Crippen LogP contribution in [-0.2, 0) is 25.1 Å². The fraction of sp³-hybridized carbons (Fsp3) is 0.826. The number of carbonyl (C=O) groups excluding carboxylic acids is 2. The van der Waals surface area contributed by atoms with Crippen LogP contribution in [0.4, 0.5) is 0 Å². The van der Waals surface area contributed by atoms with Gasteiger partial charge in [0.05, 0.1) is 0 Å². The molecule has 1 atom stereocenters. The maximum absolute atomic E-state index is 12.4. The largest absolute Gasteiger partial charge is 0.409 e. The van der Waals surface area contributed by atoms with Crippen LogP contribution in [0.1, 0.15) is 221 Å². The van der Waals surface area contributed by atoms with E-state index in [0.29, 0.717) is 54.8 Å². The van der Waals surface area contributed by atoms with Crippen molar-refractivity contribution in [1.29, 1.82) is 0 Å². The van der Waals surface area contributed by atoms with Crippen LogP contribution in [-0.4, -0.2) is 67.9 Å². The van der Waals surface area contributed by atoms with Gasteiger partial charge in [0, 0.05) is 50.9 Å². The van der Waals surface area contributed by atoms with Crippen molar-refractivity contribution < 1.29 is 23.3 Å². The summed E-state index contributed by atoms with van der Waals surface area (Å²) in [4.78, 5) is 29.0. The maximum Gasteiger partial charge on any atom is 0.309 e. The summed E-state index contributed by atoms with van der Waals surface area (Å²) in [5.74, 6) is 1.68. The number of nitrogens with zero attached hydrogens (tertiary/aromatic N) is 4. The molecule has 1 unspecified atom stereocenters. The van der Waals surface area contributed by atoms with Crippen LogP contribution in [0.5, 0.6) is 0 Å². The van der Waals surface area contributed by atoms with E-state index in [1.54, 1.807) is 0 Å². The van der Waals surface area contributed by atoms with Crippen molar-refractivity contribution in [2.75, 3.05) is 13.1 Å². The molecular formula is C46H88N6O5S. The number of unbranched alkanes of at least 4 members (excludes halogenated alkanes) is 18. The van der Waals surface area contributed by atoms with E-state index in [1.807, 2.05) is 0 Å². The molecule has 0 saturated carbocycles. The summed E-state index contributed by atoms with van der Waals surface area (Å²) in [5, 5.41) is 11.4. The number of amidine groups is 2. The molecule has 1 rings (SSSR count). The number of amides is 2. The monoisotopic (exact) mass is 837 g/mol. The highest BCUT2D eigenvalue weighted by Gasteiger charge is 2.17. The fourth-order valence-electron chi connectivity index (χ4n) is 6.78. The predicted octanol–water partition coefficient (Wildman–Crippen LogP) is 11.8. The highest BCUT2D eigenvalue weighted by atomic mass is 32.2. The second kappa shape index (κ2) is 39.7. The Morgan fingerprint density at radius 3 is 1.45 bits per heavy atom. The Kier molecular flexibility index (Phi) is 37.8. The summed E-state index contributed by atoms with van der Waals surface area (Å²) in [6.45, 7) is 14.7. The third-order valence-electron chi connectivity index (χ3n) is 10.4. The van der Waals surface area contributed by atoms with Crippen molar-refractivity contribution in [3.05, 3.63) is 24.3 Å². The first-order chi connectivity index (χ1) is 28.1. The number of allylic oxidation sites excluding steroid dienone is 4. The number of rotatable bonds is 36. The molecule has 2 amide bonds. The first-order valence-corrected chi connectivity index (χ1v) is 24.4. The van der Waals surface area contributed by atoms with Gasteiger partial charge in [0.1, 0.15) is 11.7 Å². The van der Waals surface area contributed by atoms with E-state index in [-0.39, 0.29) is 0 Å². The van der Waals surface area contributed by atoms with Crippen molar-refractivity contribution in [1.82, 2.24) is 15.3 Å². The van der Waals surface area contributed by atoms with Crippen molar-refractivity contribution in [3.63, 3.8) is 0 Å². The average Bonchev–Trinajstić information content (AvgIpc) is 3.62. The number of nitrogens with one attached hydrogen (secondary N) is 1. The lowest BCUT2D eigenvalue weighted by molar-refractivity contribution is -0.134. The summed E-state index contributed by atoms with van der Waals surface area (Å²) in [6, 6.07) is 0.596. The normalized spacial score (nSPS) is 14.3. The van der Waals surface area contributed by atoms with Crippen molar-refractivity contribution in [2.24, 2.45) is 15.3 Å². The molecule has 338 valence electrons. The smallest absolute Gasteiger partial charge is 0.309 e. The highest BCUT2D eigenvalue weighted by Crippen LogP contribution is 2.13. The van der Waals surface area contributed by atoms with Crippen molar-refractivity contribution in [3.8, 4) is 0 Å². The minimum atomic E-state index is -1.53. The first-order valence-electron chi connectivity index (χ1n) is 23.3. The molecule has 0 aliphatic carbocycles. The zero-order valence-corrected chi connectivity index (χ0v) is 38.8. The SMILES string of the molecule is CCCCCCC(=O)N(CCCC/C=C\CCCCCC/C(N)=N/O)C(C)C.CCCCCCC(=O)N(CCCC/C=C\CCCCCCC1=NS(=O)ON1)C(C)C. The minimum absolute atomic E-state index is 0.297. The Labute approximate surface area is 358 Å². The van der Waals surface area contributed by atoms with Crippen LogP contribution < -0.4 is 11.2 Å². The molecule has 0 saturated heterocycles. The molecule has 4 N–H and O–H groups in total. The predicted molar refractivity (Wildman–Crippen MR) is 246 cm³/mol. The van der Waals surface area contributed by atoms with E-state index in [9.17, 15) is 13.8 Å². The Morgan fingerprint density at radius 2 is 1.05 bits per heavy atom. The lowest BCUT2D eigenvalue weighted by Crippen LogP contribution is -2.37. The fourth-order valence-corrected chi connectivity index (χ4v) is 7.30. The third kappa shape index (κ3) is 33.1. The van der Waals surface area contributed by atoms with Gasteiger partial charge in [-0.3, -0.25) is 9.59 Å². The summed E-state index contributed by atoms with van der Waals surface area (Å²) in [7, 11) is 0. The van der Waals surface area contributed by atoms with E-state index in [1.165, 1.54) is 64.2 Å². The highest BCUT2D eigenvalue weighted by molar-refractivity contribution is 7.79. The van der Waals surface area contributed by atoms with E-state index < -0.39 is 11.3 Å². The van der Waals surface area contributed by atoms with E-state index in [2.05, 4.69) is 95.0 Å². The minimum Gasteiger partial charge on any atom is -0.409 e. The summed E-state index contributed by atoms with van der Waals surface area (Å²) in [5.41, 5.74) is 8.04. The molecule has 0 aromatic heterocycles. The Balaban J connectivity index is 0.00000112. The number of hydrogen-bond acceptors (Lipinski definition) is 7. The van der Waals surface area contributed by atoms with Gasteiger partial charge in [-0.1, -0.05) is 108 Å². The van der Waals surface area contributed by atoms with Gasteiger partial charge >= 0.3 is 11.3 Å².